The Bertz CT molecular complexity index is 432. The van der Waals surface area contributed by atoms with Gasteiger partial charge in [-0.05, 0) is 25.0 Å². The van der Waals surface area contributed by atoms with Crippen molar-refractivity contribution in [1.29, 1.82) is 0 Å². The third-order valence-electron chi connectivity index (χ3n) is 3.86. The highest BCUT2D eigenvalue weighted by Gasteiger charge is 2.32. The maximum Gasteiger partial charge on any atom is 0.125 e. The molecule has 0 saturated carbocycles. The molecule has 18 heavy (non-hydrogen) atoms. The van der Waals surface area contributed by atoms with Crippen LogP contribution >= 0.6 is 15.9 Å². The minimum absolute atomic E-state index is 0.0776. The molecule has 2 N–H and O–H groups in total. The van der Waals surface area contributed by atoms with Crippen molar-refractivity contribution in [3.8, 4) is 5.75 Å². The summed E-state index contributed by atoms with van der Waals surface area (Å²) in [6.45, 7) is 1.69. The lowest BCUT2D eigenvalue weighted by atomic mass is 9.87. The maximum absolute atomic E-state index is 6.26. The molecular formula is C14H18BrNO2. The van der Waals surface area contributed by atoms with Crippen molar-refractivity contribution in [3.63, 3.8) is 0 Å². The first-order valence-corrected chi connectivity index (χ1v) is 7.33. The van der Waals surface area contributed by atoms with E-state index in [9.17, 15) is 0 Å². The van der Waals surface area contributed by atoms with Gasteiger partial charge in [0.1, 0.15) is 11.9 Å². The van der Waals surface area contributed by atoms with Gasteiger partial charge in [-0.2, -0.15) is 0 Å². The standard InChI is InChI=1S/C14H18BrNO2/c15-10-3-4-11-12(16)7-13(18-14(11)6-10)9-2-1-5-17-8-9/h3-4,6,9,12-13H,1-2,5,7-8,16H2/t9?,12-,13?/m1/s1. The Hall–Kier alpha value is -0.580. The van der Waals surface area contributed by atoms with Gasteiger partial charge in [0.2, 0.25) is 0 Å². The van der Waals surface area contributed by atoms with Crippen LogP contribution in [0.4, 0.5) is 0 Å². The van der Waals surface area contributed by atoms with Gasteiger partial charge < -0.3 is 15.2 Å². The summed E-state index contributed by atoms with van der Waals surface area (Å²) in [5, 5.41) is 0. The second-order valence-corrected chi connectivity index (χ2v) is 6.07. The molecule has 4 heteroatoms. The summed E-state index contributed by atoms with van der Waals surface area (Å²) >= 11 is 3.48. The largest absolute Gasteiger partial charge is 0.490 e. The summed E-state index contributed by atoms with van der Waals surface area (Å²) in [7, 11) is 0. The van der Waals surface area contributed by atoms with Crippen LogP contribution in [-0.2, 0) is 4.74 Å². The van der Waals surface area contributed by atoms with Crippen LogP contribution in [-0.4, -0.2) is 19.3 Å². The van der Waals surface area contributed by atoms with Crippen molar-refractivity contribution in [3.05, 3.63) is 28.2 Å². The molecular weight excluding hydrogens is 294 g/mol. The van der Waals surface area contributed by atoms with Gasteiger partial charge in [-0.15, -0.1) is 0 Å². The van der Waals surface area contributed by atoms with Gasteiger partial charge in [0.25, 0.3) is 0 Å². The van der Waals surface area contributed by atoms with E-state index in [1.165, 1.54) is 6.42 Å². The first kappa shape index (κ1) is 12.5. The average Bonchev–Trinajstić information content (AvgIpc) is 2.39. The van der Waals surface area contributed by atoms with E-state index in [-0.39, 0.29) is 12.1 Å². The van der Waals surface area contributed by atoms with Crippen molar-refractivity contribution in [1.82, 2.24) is 0 Å². The monoisotopic (exact) mass is 311 g/mol. The summed E-state index contributed by atoms with van der Waals surface area (Å²) in [5.74, 6) is 1.41. The first-order valence-electron chi connectivity index (χ1n) is 6.53. The number of fused-ring (bicyclic) bond motifs is 1. The maximum atomic E-state index is 6.26. The number of benzene rings is 1. The van der Waals surface area contributed by atoms with Crippen LogP contribution < -0.4 is 10.5 Å². The van der Waals surface area contributed by atoms with Crippen LogP contribution in [0.3, 0.4) is 0 Å². The van der Waals surface area contributed by atoms with E-state index in [0.29, 0.717) is 5.92 Å². The second kappa shape index (κ2) is 5.19. The van der Waals surface area contributed by atoms with E-state index in [0.717, 1.165) is 41.8 Å². The minimum Gasteiger partial charge on any atom is -0.490 e. The fourth-order valence-electron chi connectivity index (χ4n) is 2.85. The smallest absolute Gasteiger partial charge is 0.125 e. The van der Waals surface area contributed by atoms with Crippen LogP contribution in [0.5, 0.6) is 5.75 Å². The summed E-state index contributed by atoms with van der Waals surface area (Å²) in [4.78, 5) is 0. The summed E-state index contributed by atoms with van der Waals surface area (Å²) < 4.78 is 12.7. The van der Waals surface area contributed by atoms with Crippen LogP contribution in [0, 0.1) is 5.92 Å². The fourth-order valence-corrected chi connectivity index (χ4v) is 3.19. The summed E-state index contributed by atoms with van der Waals surface area (Å²) in [6.07, 6.45) is 3.40. The van der Waals surface area contributed by atoms with E-state index < -0.39 is 0 Å². The SMILES string of the molecule is N[C@@H]1CC(C2CCCOC2)Oc2cc(Br)ccc21. The predicted molar refractivity (Wildman–Crippen MR) is 73.6 cm³/mol. The number of halogens is 1. The van der Waals surface area contributed by atoms with E-state index in [1.807, 2.05) is 12.1 Å². The van der Waals surface area contributed by atoms with Crippen LogP contribution in [0.1, 0.15) is 30.9 Å². The zero-order valence-electron chi connectivity index (χ0n) is 10.3. The molecule has 98 valence electrons. The quantitative estimate of drug-likeness (QED) is 0.867. The van der Waals surface area contributed by atoms with Crippen molar-refractivity contribution in [2.75, 3.05) is 13.2 Å². The zero-order chi connectivity index (χ0) is 12.5. The molecule has 3 rings (SSSR count). The van der Waals surface area contributed by atoms with Gasteiger partial charge in [0.15, 0.2) is 0 Å². The van der Waals surface area contributed by atoms with Crippen LogP contribution in [0.25, 0.3) is 0 Å². The number of hydrogen-bond donors (Lipinski definition) is 1. The third kappa shape index (κ3) is 2.42. The second-order valence-electron chi connectivity index (χ2n) is 5.16. The average molecular weight is 312 g/mol. The first-order chi connectivity index (χ1) is 8.74. The molecule has 2 aliphatic rings. The van der Waals surface area contributed by atoms with Gasteiger partial charge >= 0.3 is 0 Å². The molecule has 1 aromatic carbocycles. The van der Waals surface area contributed by atoms with Crippen molar-refractivity contribution >= 4 is 15.9 Å². The molecule has 2 aliphatic heterocycles. The molecule has 1 saturated heterocycles. The third-order valence-corrected chi connectivity index (χ3v) is 4.35. The number of nitrogens with two attached hydrogens (primary N) is 1. The molecule has 2 unspecified atom stereocenters. The Labute approximate surface area is 116 Å². The van der Waals surface area contributed by atoms with E-state index in [2.05, 4.69) is 22.0 Å². The van der Waals surface area contributed by atoms with E-state index in [4.69, 9.17) is 15.2 Å². The number of hydrogen-bond acceptors (Lipinski definition) is 3. The molecule has 3 nitrogen and oxygen atoms in total. The molecule has 0 aromatic heterocycles. The molecule has 0 bridgehead atoms. The number of rotatable bonds is 1. The molecule has 2 heterocycles. The van der Waals surface area contributed by atoms with E-state index in [1.54, 1.807) is 0 Å². The highest BCUT2D eigenvalue weighted by Crippen LogP contribution is 2.38. The Morgan fingerprint density at radius 2 is 2.22 bits per heavy atom. The molecule has 1 aromatic rings. The van der Waals surface area contributed by atoms with Gasteiger partial charge in [0.05, 0.1) is 6.61 Å². The van der Waals surface area contributed by atoms with Gasteiger partial charge in [-0.3, -0.25) is 0 Å². The van der Waals surface area contributed by atoms with Crippen LogP contribution in [0.2, 0.25) is 0 Å². The van der Waals surface area contributed by atoms with Crippen molar-refractivity contribution in [2.45, 2.75) is 31.4 Å². The van der Waals surface area contributed by atoms with Gasteiger partial charge in [-0.1, -0.05) is 22.0 Å². The molecule has 0 aliphatic carbocycles. The Kier molecular flexibility index (Phi) is 3.59. The molecule has 0 spiro atoms. The molecule has 1 fully saturated rings. The summed E-state index contributed by atoms with van der Waals surface area (Å²) in [6, 6.07) is 6.17. The minimum atomic E-state index is 0.0776. The molecule has 0 amide bonds. The number of ether oxygens (including phenoxy) is 2. The summed E-state index contributed by atoms with van der Waals surface area (Å²) in [5.41, 5.74) is 7.37. The lowest BCUT2D eigenvalue weighted by Crippen LogP contribution is -2.38. The van der Waals surface area contributed by atoms with Gasteiger partial charge in [0, 0.05) is 35.0 Å². The Morgan fingerprint density at radius 3 is 3.00 bits per heavy atom. The fraction of sp³-hybridized carbons (Fsp3) is 0.571. The van der Waals surface area contributed by atoms with Crippen molar-refractivity contribution in [2.24, 2.45) is 11.7 Å². The predicted octanol–water partition coefficient (Wildman–Crippen LogP) is 3.03. The lowest BCUT2D eigenvalue weighted by Gasteiger charge is -2.36. The molecule has 0 radical (unpaired) electrons. The lowest BCUT2D eigenvalue weighted by molar-refractivity contribution is -0.00925. The van der Waals surface area contributed by atoms with Crippen molar-refractivity contribution < 1.29 is 9.47 Å². The normalized spacial score (nSPS) is 31.6. The highest BCUT2D eigenvalue weighted by molar-refractivity contribution is 9.10. The topological polar surface area (TPSA) is 44.5 Å². The van der Waals surface area contributed by atoms with E-state index >= 15 is 0 Å². The molecule has 3 atom stereocenters. The highest BCUT2D eigenvalue weighted by atomic mass is 79.9. The van der Waals surface area contributed by atoms with Crippen LogP contribution in [0.15, 0.2) is 22.7 Å². The zero-order valence-corrected chi connectivity index (χ0v) is 11.9. The Balaban J connectivity index is 1.81. The Morgan fingerprint density at radius 1 is 1.33 bits per heavy atom. The van der Waals surface area contributed by atoms with Gasteiger partial charge in [-0.25, -0.2) is 0 Å².